The third kappa shape index (κ3) is 3.26. The third-order valence-corrected chi connectivity index (χ3v) is 2.86. The summed E-state index contributed by atoms with van der Waals surface area (Å²) in [6.07, 6.45) is 2.34. The lowest BCUT2D eigenvalue weighted by atomic mass is 10.1. The lowest BCUT2D eigenvalue weighted by Gasteiger charge is -2.23. The minimum atomic E-state index is 0.279. The van der Waals surface area contributed by atoms with Gasteiger partial charge in [0.1, 0.15) is 11.9 Å². The molecule has 0 aromatic heterocycles. The molecule has 1 aliphatic rings. The van der Waals surface area contributed by atoms with Gasteiger partial charge in [0.15, 0.2) is 0 Å². The Labute approximate surface area is 99.5 Å². The van der Waals surface area contributed by atoms with Gasteiger partial charge in [-0.05, 0) is 44.1 Å². The second kappa shape index (κ2) is 5.06. The minimum Gasteiger partial charge on any atom is -0.490 e. The third-order valence-electron chi connectivity index (χ3n) is 2.42. The number of rotatable bonds is 2. The number of halogens is 2. The van der Waals surface area contributed by atoms with Crippen LogP contribution in [0, 0.1) is 0 Å². The molecule has 1 aliphatic heterocycles. The SMILES string of the molecule is Clc1cc(Cl)cc(OC2CCNCC2)c1. The van der Waals surface area contributed by atoms with Crippen LogP contribution in [0.1, 0.15) is 12.8 Å². The molecule has 4 heteroatoms. The van der Waals surface area contributed by atoms with Gasteiger partial charge in [0.2, 0.25) is 0 Å². The fraction of sp³-hybridized carbons (Fsp3) is 0.455. The zero-order chi connectivity index (χ0) is 10.7. The van der Waals surface area contributed by atoms with Crippen LogP contribution in [0.5, 0.6) is 5.75 Å². The smallest absolute Gasteiger partial charge is 0.122 e. The number of ether oxygens (including phenoxy) is 1. The van der Waals surface area contributed by atoms with Crippen LogP contribution in [0.3, 0.4) is 0 Å². The average Bonchev–Trinajstić information content (AvgIpc) is 2.17. The van der Waals surface area contributed by atoms with Gasteiger partial charge in [-0.3, -0.25) is 0 Å². The molecular weight excluding hydrogens is 233 g/mol. The van der Waals surface area contributed by atoms with E-state index in [4.69, 9.17) is 27.9 Å². The zero-order valence-electron chi connectivity index (χ0n) is 8.30. The molecule has 0 atom stereocenters. The van der Waals surface area contributed by atoms with Crippen molar-refractivity contribution in [3.63, 3.8) is 0 Å². The van der Waals surface area contributed by atoms with E-state index in [9.17, 15) is 0 Å². The Morgan fingerprint density at radius 2 is 1.67 bits per heavy atom. The van der Waals surface area contributed by atoms with E-state index in [2.05, 4.69) is 5.32 Å². The van der Waals surface area contributed by atoms with Crippen LogP contribution in [-0.2, 0) is 0 Å². The molecule has 2 nitrogen and oxygen atoms in total. The number of piperidine rings is 1. The van der Waals surface area contributed by atoms with E-state index in [1.54, 1.807) is 18.2 Å². The lowest BCUT2D eigenvalue weighted by Crippen LogP contribution is -2.34. The van der Waals surface area contributed by atoms with Crippen molar-refractivity contribution in [3.8, 4) is 5.75 Å². The Morgan fingerprint density at radius 3 is 2.27 bits per heavy atom. The second-order valence-electron chi connectivity index (χ2n) is 3.67. The first kappa shape index (κ1) is 11.1. The maximum absolute atomic E-state index is 5.89. The van der Waals surface area contributed by atoms with E-state index in [-0.39, 0.29) is 6.10 Å². The van der Waals surface area contributed by atoms with Crippen LogP contribution < -0.4 is 10.1 Å². The normalized spacial score (nSPS) is 17.7. The van der Waals surface area contributed by atoms with Crippen LogP contribution in [0.25, 0.3) is 0 Å². The first-order chi connectivity index (χ1) is 7.24. The fourth-order valence-corrected chi connectivity index (χ4v) is 2.21. The predicted molar refractivity (Wildman–Crippen MR) is 63.0 cm³/mol. The van der Waals surface area contributed by atoms with Crippen LogP contribution in [0.4, 0.5) is 0 Å². The van der Waals surface area contributed by atoms with Gasteiger partial charge in [0, 0.05) is 10.0 Å². The van der Waals surface area contributed by atoms with Gasteiger partial charge in [-0.1, -0.05) is 23.2 Å². The van der Waals surface area contributed by atoms with E-state index in [0.717, 1.165) is 31.7 Å². The van der Waals surface area contributed by atoms with E-state index in [0.29, 0.717) is 10.0 Å². The van der Waals surface area contributed by atoms with Crippen molar-refractivity contribution in [2.45, 2.75) is 18.9 Å². The van der Waals surface area contributed by atoms with Crippen molar-refractivity contribution in [1.82, 2.24) is 5.32 Å². The van der Waals surface area contributed by atoms with E-state index < -0.39 is 0 Å². The van der Waals surface area contributed by atoms with Crippen LogP contribution in [0.15, 0.2) is 18.2 Å². The summed E-state index contributed by atoms with van der Waals surface area (Å²) >= 11 is 11.8. The summed E-state index contributed by atoms with van der Waals surface area (Å²) in [6, 6.07) is 5.31. The highest BCUT2D eigenvalue weighted by atomic mass is 35.5. The first-order valence-electron chi connectivity index (χ1n) is 5.07. The maximum Gasteiger partial charge on any atom is 0.122 e. The van der Waals surface area contributed by atoms with Gasteiger partial charge in [0.25, 0.3) is 0 Å². The van der Waals surface area contributed by atoms with Gasteiger partial charge >= 0.3 is 0 Å². The highest BCUT2D eigenvalue weighted by Crippen LogP contribution is 2.26. The number of hydrogen-bond donors (Lipinski definition) is 1. The van der Waals surface area contributed by atoms with E-state index >= 15 is 0 Å². The molecule has 1 saturated heterocycles. The molecule has 0 bridgehead atoms. The Kier molecular flexibility index (Phi) is 3.73. The molecule has 1 aromatic carbocycles. The molecule has 0 unspecified atom stereocenters. The van der Waals surface area contributed by atoms with Crippen LogP contribution >= 0.6 is 23.2 Å². The molecule has 0 radical (unpaired) electrons. The van der Waals surface area contributed by atoms with Crippen molar-refractivity contribution in [1.29, 1.82) is 0 Å². The van der Waals surface area contributed by atoms with E-state index in [1.165, 1.54) is 0 Å². The summed E-state index contributed by atoms with van der Waals surface area (Å²) in [6.45, 7) is 2.03. The largest absolute Gasteiger partial charge is 0.490 e. The molecule has 0 amide bonds. The van der Waals surface area contributed by atoms with Crippen molar-refractivity contribution in [2.24, 2.45) is 0 Å². The molecule has 1 fully saturated rings. The predicted octanol–water partition coefficient (Wildman–Crippen LogP) is 3.12. The number of hydrogen-bond acceptors (Lipinski definition) is 2. The molecule has 2 rings (SSSR count). The molecular formula is C11H13Cl2NO. The fourth-order valence-electron chi connectivity index (χ4n) is 1.70. The minimum absolute atomic E-state index is 0.279. The van der Waals surface area contributed by atoms with Gasteiger partial charge in [-0.25, -0.2) is 0 Å². The summed E-state index contributed by atoms with van der Waals surface area (Å²) in [5.41, 5.74) is 0. The Morgan fingerprint density at radius 1 is 1.07 bits per heavy atom. The Hall–Kier alpha value is -0.440. The molecule has 1 aromatic rings. The summed E-state index contributed by atoms with van der Waals surface area (Å²) < 4.78 is 5.81. The van der Waals surface area contributed by atoms with Crippen LogP contribution in [0.2, 0.25) is 10.0 Å². The summed E-state index contributed by atoms with van der Waals surface area (Å²) in [4.78, 5) is 0. The molecule has 1 N–H and O–H groups in total. The maximum atomic E-state index is 5.89. The van der Waals surface area contributed by atoms with Gasteiger partial charge in [-0.15, -0.1) is 0 Å². The van der Waals surface area contributed by atoms with Gasteiger partial charge in [-0.2, -0.15) is 0 Å². The first-order valence-corrected chi connectivity index (χ1v) is 5.83. The van der Waals surface area contributed by atoms with E-state index in [1.807, 2.05) is 0 Å². The molecule has 1 heterocycles. The van der Waals surface area contributed by atoms with Crippen molar-refractivity contribution in [3.05, 3.63) is 28.2 Å². The summed E-state index contributed by atoms with van der Waals surface area (Å²) in [5.74, 6) is 0.763. The molecule has 0 spiro atoms. The monoisotopic (exact) mass is 245 g/mol. The summed E-state index contributed by atoms with van der Waals surface area (Å²) in [7, 11) is 0. The molecule has 0 aliphatic carbocycles. The highest BCUT2D eigenvalue weighted by Gasteiger charge is 2.14. The van der Waals surface area contributed by atoms with Crippen LogP contribution in [-0.4, -0.2) is 19.2 Å². The molecule has 0 saturated carbocycles. The van der Waals surface area contributed by atoms with Crippen molar-refractivity contribution in [2.75, 3.05) is 13.1 Å². The highest BCUT2D eigenvalue weighted by molar-refractivity contribution is 6.34. The van der Waals surface area contributed by atoms with Crippen molar-refractivity contribution < 1.29 is 4.74 Å². The number of benzene rings is 1. The molecule has 82 valence electrons. The topological polar surface area (TPSA) is 21.3 Å². The van der Waals surface area contributed by atoms with Gasteiger partial charge in [0.05, 0.1) is 0 Å². The average molecular weight is 246 g/mol. The Balaban J connectivity index is 2.02. The zero-order valence-corrected chi connectivity index (χ0v) is 9.81. The molecule has 15 heavy (non-hydrogen) atoms. The quantitative estimate of drug-likeness (QED) is 0.865. The van der Waals surface area contributed by atoms with Crippen molar-refractivity contribution >= 4 is 23.2 Å². The lowest BCUT2D eigenvalue weighted by molar-refractivity contribution is 0.162. The number of nitrogens with one attached hydrogen (secondary N) is 1. The standard InChI is InChI=1S/C11H13Cl2NO/c12-8-5-9(13)7-11(6-8)15-10-1-3-14-4-2-10/h5-7,10,14H,1-4H2. The second-order valence-corrected chi connectivity index (χ2v) is 4.55. The summed E-state index contributed by atoms with van der Waals surface area (Å²) in [5, 5.41) is 4.53. The van der Waals surface area contributed by atoms with Gasteiger partial charge < -0.3 is 10.1 Å². The Bertz CT molecular complexity index is 317.